The molecule has 3 heterocycles. The van der Waals surface area contributed by atoms with E-state index in [0.29, 0.717) is 0 Å². The first kappa shape index (κ1) is 22.3. The number of piperazine rings is 1. The van der Waals surface area contributed by atoms with Crippen LogP contribution in [0.4, 0.5) is 5.69 Å². The largest absolute Gasteiger partial charge is 0.497 e. The molecule has 1 N–H and O–H groups in total. The predicted octanol–water partition coefficient (Wildman–Crippen LogP) is 4.78. The summed E-state index contributed by atoms with van der Waals surface area (Å²) in [7, 11) is 5.55. The van der Waals surface area contributed by atoms with Crippen LogP contribution in [0.2, 0.25) is 0 Å². The number of benzene rings is 2. The first-order valence-corrected chi connectivity index (χ1v) is 11.8. The molecule has 0 aliphatic carbocycles. The molecule has 1 fully saturated rings. The van der Waals surface area contributed by atoms with Crippen molar-refractivity contribution in [2.75, 3.05) is 52.3 Å². The molecule has 176 valence electrons. The Bertz CT molecular complexity index is 1240. The van der Waals surface area contributed by atoms with Crippen molar-refractivity contribution in [3.05, 3.63) is 71.9 Å². The van der Waals surface area contributed by atoms with Crippen molar-refractivity contribution >= 4 is 16.7 Å². The molecule has 6 heteroatoms. The number of pyridine rings is 1. The molecule has 0 unspecified atom stereocenters. The van der Waals surface area contributed by atoms with Crippen molar-refractivity contribution < 1.29 is 9.47 Å². The summed E-state index contributed by atoms with van der Waals surface area (Å²) in [5.74, 6) is 1.63. The highest BCUT2D eigenvalue weighted by atomic mass is 16.5. The average molecular weight is 457 g/mol. The molecule has 34 heavy (non-hydrogen) atoms. The topological polar surface area (TPSA) is 53.6 Å². The van der Waals surface area contributed by atoms with Gasteiger partial charge in [-0.15, -0.1) is 0 Å². The number of ether oxygens (including phenoxy) is 2. The fourth-order valence-corrected chi connectivity index (χ4v) is 4.57. The highest BCUT2D eigenvalue weighted by Gasteiger charge is 2.14. The molecule has 4 aromatic rings. The van der Waals surface area contributed by atoms with E-state index in [1.807, 2.05) is 12.3 Å². The zero-order valence-electron chi connectivity index (χ0n) is 20.2. The number of rotatable bonds is 7. The molecule has 0 saturated carbocycles. The molecule has 0 bridgehead atoms. The van der Waals surface area contributed by atoms with Gasteiger partial charge in [-0.05, 0) is 73.0 Å². The van der Waals surface area contributed by atoms with Crippen LogP contribution < -0.4 is 14.4 Å². The Labute approximate surface area is 201 Å². The van der Waals surface area contributed by atoms with E-state index in [2.05, 4.69) is 75.3 Å². The third kappa shape index (κ3) is 4.87. The van der Waals surface area contributed by atoms with Crippen LogP contribution in [-0.4, -0.2) is 62.3 Å². The Morgan fingerprint density at radius 1 is 0.824 bits per heavy atom. The molecule has 2 aromatic heterocycles. The van der Waals surface area contributed by atoms with E-state index in [4.69, 9.17) is 9.47 Å². The molecule has 0 spiro atoms. The van der Waals surface area contributed by atoms with Crippen LogP contribution in [0.5, 0.6) is 11.5 Å². The number of anilines is 1. The van der Waals surface area contributed by atoms with E-state index in [0.717, 1.165) is 67.2 Å². The van der Waals surface area contributed by atoms with Crippen molar-refractivity contribution in [2.45, 2.75) is 12.8 Å². The first-order chi connectivity index (χ1) is 16.6. The fraction of sp³-hybridized carbons (Fsp3) is 0.321. The first-order valence-electron chi connectivity index (χ1n) is 11.8. The van der Waals surface area contributed by atoms with E-state index in [-0.39, 0.29) is 0 Å². The second-order valence-corrected chi connectivity index (χ2v) is 9.02. The summed E-state index contributed by atoms with van der Waals surface area (Å²) < 4.78 is 10.8. The Hall–Kier alpha value is -3.51. The lowest BCUT2D eigenvalue weighted by atomic mass is 10.0. The Kier molecular flexibility index (Phi) is 6.41. The highest BCUT2D eigenvalue weighted by molar-refractivity contribution is 5.83. The third-order valence-corrected chi connectivity index (χ3v) is 6.69. The van der Waals surface area contributed by atoms with Gasteiger partial charge in [0.25, 0.3) is 0 Å². The highest BCUT2D eigenvalue weighted by Crippen LogP contribution is 2.27. The Morgan fingerprint density at radius 2 is 1.50 bits per heavy atom. The number of aromatic nitrogens is 2. The number of hydrogen-bond acceptors (Lipinski definition) is 5. The fourth-order valence-electron chi connectivity index (χ4n) is 4.57. The van der Waals surface area contributed by atoms with Gasteiger partial charge < -0.3 is 24.3 Å². The predicted molar refractivity (Wildman–Crippen MR) is 138 cm³/mol. The van der Waals surface area contributed by atoms with Gasteiger partial charge in [-0.3, -0.25) is 0 Å². The number of fused-ring (bicyclic) bond motifs is 1. The van der Waals surface area contributed by atoms with E-state index in [1.165, 1.54) is 22.4 Å². The molecule has 1 aliphatic rings. The summed E-state index contributed by atoms with van der Waals surface area (Å²) in [5.41, 5.74) is 6.90. The lowest BCUT2D eigenvalue weighted by Gasteiger charge is -2.34. The second kappa shape index (κ2) is 9.77. The number of hydrogen-bond donors (Lipinski definition) is 1. The van der Waals surface area contributed by atoms with Crippen LogP contribution in [-0.2, 0) is 12.8 Å². The minimum Gasteiger partial charge on any atom is -0.497 e. The van der Waals surface area contributed by atoms with Gasteiger partial charge in [-0.2, -0.15) is 0 Å². The summed E-state index contributed by atoms with van der Waals surface area (Å²) in [4.78, 5) is 13.0. The SMILES string of the molecule is COc1cc(CCc2cnc3[nH]c(-c4ccc(N5CCN(C)CC5)cc4)cc3c2)cc(OC)c1. The summed E-state index contributed by atoms with van der Waals surface area (Å²) in [6.07, 6.45) is 3.77. The Balaban J connectivity index is 1.29. The van der Waals surface area contributed by atoms with Gasteiger partial charge in [-0.1, -0.05) is 12.1 Å². The van der Waals surface area contributed by atoms with E-state index >= 15 is 0 Å². The standard InChI is InChI=1S/C28H32N4O2/c1-31-10-12-32(13-11-31)24-8-6-22(7-9-24)27-17-23-14-21(19-29-28(23)30-27)5-4-20-15-25(33-2)18-26(16-20)34-3/h6-9,14-19H,4-5,10-13H2,1-3H3,(H,29,30). The maximum atomic E-state index is 5.40. The van der Waals surface area contributed by atoms with Crippen LogP contribution in [0.25, 0.3) is 22.3 Å². The van der Waals surface area contributed by atoms with Crippen molar-refractivity contribution in [3.8, 4) is 22.8 Å². The van der Waals surface area contributed by atoms with Crippen molar-refractivity contribution in [2.24, 2.45) is 0 Å². The van der Waals surface area contributed by atoms with Crippen molar-refractivity contribution in [1.29, 1.82) is 0 Å². The number of H-pyrrole nitrogens is 1. The van der Waals surface area contributed by atoms with Crippen molar-refractivity contribution in [1.82, 2.24) is 14.9 Å². The molecule has 1 saturated heterocycles. The molecule has 2 aromatic carbocycles. The lowest BCUT2D eigenvalue weighted by Crippen LogP contribution is -2.44. The van der Waals surface area contributed by atoms with Crippen LogP contribution >= 0.6 is 0 Å². The van der Waals surface area contributed by atoms with Gasteiger partial charge >= 0.3 is 0 Å². The second-order valence-electron chi connectivity index (χ2n) is 9.02. The zero-order valence-corrected chi connectivity index (χ0v) is 20.2. The molecule has 1 aliphatic heterocycles. The molecule has 0 atom stereocenters. The van der Waals surface area contributed by atoms with Gasteiger partial charge in [0.2, 0.25) is 0 Å². The van der Waals surface area contributed by atoms with Gasteiger partial charge in [0.15, 0.2) is 0 Å². The van der Waals surface area contributed by atoms with E-state index in [9.17, 15) is 0 Å². The summed E-state index contributed by atoms with van der Waals surface area (Å²) in [6.45, 7) is 4.39. The Morgan fingerprint density at radius 3 is 2.18 bits per heavy atom. The van der Waals surface area contributed by atoms with Crippen LogP contribution in [0.1, 0.15) is 11.1 Å². The minimum atomic E-state index is 0.817. The molecule has 5 rings (SSSR count). The number of aromatic amines is 1. The molecule has 6 nitrogen and oxygen atoms in total. The minimum absolute atomic E-state index is 0.817. The van der Waals surface area contributed by atoms with E-state index < -0.39 is 0 Å². The molecule has 0 amide bonds. The van der Waals surface area contributed by atoms with Crippen molar-refractivity contribution in [3.63, 3.8) is 0 Å². The monoisotopic (exact) mass is 456 g/mol. The number of methoxy groups -OCH3 is 2. The average Bonchev–Trinajstić information content (AvgIpc) is 3.31. The van der Waals surface area contributed by atoms with Crippen LogP contribution in [0.15, 0.2) is 60.8 Å². The zero-order chi connectivity index (χ0) is 23.5. The van der Waals surface area contributed by atoms with Gasteiger partial charge in [0.1, 0.15) is 17.1 Å². The van der Waals surface area contributed by atoms with Crippen LogP contribution in [0.3, 0.4) is 0 Å². The van der Waals surface area contributed by atoms with Gasteiger partial charge in [0, 0.05) is 55.2 Å². The maximum Gasteiger partial charge on any atom is 0.137 e. The summed E-state index contributed by atoms with van der Waals surface area (Å²) >= 11 is 0. The number of nitrogens with one attached hydrogen (secondary N) is 1. The quantitative estimate of drug-likeness (QED) is 0.434. The number of nitrogens with zero attached hydrogens (tertiary/aromatic N) is 3. The molecule has 0 radical (unpaired) electrons. The molecular formula is C28H32N4O2. The summed E-state index contributed by atoms with van der Waals surface area (Å²) in [6, 6.07) is 19.3. The normalized spacial score (nSPS) is 14.5. The lowest BCUT2D eigenvalue weighted by molar-refractivity contribution is 0.313. The van der Waals surface area contributed by atoms with Gasteiger partial charge in [0.05, 0.1) is 14.2 Å². The van der Waals surface area contributed by atoms with Gasteiger partial charge in [-0.25, -0.2) is 4.98 Å². The number of likely N-dealkylation sites (N-methyl/N-ethyl adjacent to an activating group) is 1. The smallest absolute Gasteiger partial charge is 0.137 e. The van der Waals surface area contributed by atoms with E-state index in [1.54, 1.807) is 14.2 Å². The number of aryl methyl sites for hydroxylation is 2. The maximum absolute atomic E-state index is 5.40. The summed E-state index contributed by atoms with van der Waals surface area (Å²) in [5, 5.41) is 1.14. The van der Waals surface area contributed by atoms with Crippen LogP contribution in [0, 0.1) is 0 Å². The molecular weight excluding hydrogens is 424 g/mol. The third-order valence-electron chi connectivity index (χ3n) is 6.69.